The molecule has 1 N–H and O–H groups in total. The van der Waals surface area contributed by atoms with Crippen LogP contribution >= 0.6 is 0 Å². The van der Waals surface area contributed by atoms with Gasteiger partial charge in [-0.05, 0) is 17.9 Å². The zero-order valence-electron chi connectivity index (χ0n) is 13.6. The SMILES string of the molecule is CC(C)C1CN(CCc2ccnn2C)C(C(C)C)CN1. The minimum Gasteiger partial charge on any atom is -0.311 e. The molecule has 0 bridgehead atoms. The minimum atomic E-state index is 0.622. The van der Waals surface area contributed by atoms with Gasteiger partial charge in [0.15, 0.2) is 0 Å². The Balaban J connectivity index is 1.98. The lowest BCUT2D eigenvalue weighted by Crippen LogP contribution is -2.60. The summed E-state index contributed by atoms with van der Waals surface area (Å²) in [5.41, 5.74) is 1.33. The monoisotopic (exact) mass is 278 g/mol. The van der Waals surface area contributed by atoms with E-state index >= 15 is 0 Å². The zero-order chi connectivity index (χ0) is 14.7. The van der Waals surface area contributed by atoms with Crippen molar-refractivity contribution in [2.24, 2.45) is 18.9 Å². The fourth-order valence-electron chi connectivity index (χ4n) is 3.12. The number of aryl methyl sites for hydroxylation is 1. The fourth-order valence-corrected chi connectivity index (χ4v) is 3.12. The first-order valence-corrected chi connectivity index (χ1v) is 7.93. The lowest BCUT2D eigenvalue weighted by molar-refractivity contribution is 0.0859. The smallest absolute Gasteiger partial charge is 0.0492 e. The van der Waals surface area contributed by atoms with Gasteiger partial charge in [-0.2, -0.15) is 5.10 Å². The van der Waals surface area contributed by atoms with Gasteiger partial charge < -0.3 is 5.32 Å². The van der Waals surface area contributed by atoms with Gasteiger partial charge >= 0.3 is 0 Å². The number of nitrogens with zero attached hydrogens (tertiary/aromatic N) is 3. The molecule has 0 saturated carbocycles. The van der Waals surface area contributed by atoms with Crippen LogP contribution in [0.4, 0.5) is 0 Å². The Kier molecular flexibility index (Phi) is 5.22. The van der Waals surface area contributed by atoms with E-state index in [-0.39, 0.29) is 0 Å². The van der Waals surface area contributed by atoms with Gasteiger partial charge in [0.1, 0.15) is 0 Å². The highest BCUT2D eigenvalue weighted by atomic mass is 15.3. The number of aromatic nitrogens is 2. The second-order valence-corrected chi connectivity index (χ2v) is 6.76. The van der Waals surface area contributed by atoms with Gasteiger partial charge in [-0.3, -0.25) is 9.58 Å². The molecule has 0 radical (unpaired) electrons. The molecule has 2 unspecified atom stereocenters. The molecule has 2 heterocycles. The summed E-state index contributed by atoms with van der Waals surface area (Å²) in [6, 6.07) is 3.40. The van der Waals surface area contributed by atoms with Crippen LogP contribution in [0.5, 0.6) is 0 Å². The molecule has 1 aliphatic rings. The number of hydrogen-bond donors (Lipinski definition) is 1. The molecule has 4 nitrogen and oxygen atoms in total. The van der Waals surface area contributed by atoms with Crippen molar-refractivity contribution < 1.29 is 0 Å². The number of rotatable bonds is 5. The first-order chi connectivity index (χ1) is 9.49. The van der Waals surface area contributed by atoms with Gasteiger partial charge in [0, 0.05) is 57.1 Å². The van der Waals surface area contributed by atoms with Crippen LogP contribution in [0.3, 0.4) is 0 Å². The maximum absolute atomic E-state index is 4.26. The predicted octanol–water partition coefficient (Wildman–Crippen LogP) is 1.92. The first-order valence-electron chi connectivity index (χ1n) is 7.93. The molecule has 1 aromatic heterocycles. The molecule has 1 fully saturated rings. The average Bonchev–Trinajstić information content (AvgIpc) is 2.81. The van der Waals surface area contributed by atoms with Crippen LogP contribution in [0.25, 0.3) is 0 Å². The summed E-state index contributed by atoms with van der Waals surface area (Å²) in [5, 5.41) is 7.99. The fraction of sp³-hybridized carbons (Fsp3) is 0.812. The largest absolute Gasteiger partial charge is 0.311 e. The number of nitrogens with one attached hydrogen (secondary N) is 1. The summed E-state index contributed by atoms with van der Waals surface area (Å²) in [7, 11) is 2.03. The first kappa shape index (κ1) is 15.5. The molecule has 0 aromatic carbocycles. The Labute approximate surface area is 123 Å². The maximum atomic E-state index is 4.26. The molecule has 0 spiro atoms. The van der Waals surface area contributed by atoms with Gasteiger partial charge in [0.25, 0.3) is 0 Å². The van der Waals surface area contributed by atoms with Crippen LogP contribution in [-0.2, 0) is 13.5 Å². The second kappa shape index (κ2) is 6.72. The lowest BCUT2D eigenvalue weighted by Gasteiger charge is -2.43. The predicted molar refractivity (Wildman–Crippen MR) is 83.7 cm³/mol. The summed E-state index contributed by atoms with van der Waals surface area (Å²) in [6.07, 6.45) is 2.98. The van der Waals surface area contributed by atoms with Crippen LogP contribution in [0, 0.1) is 11.8 Å². The Morgan fingerprint density at radius 2 is 2.05 bits per heavy atom. The van der Waals surface area contributed by atoms with Crippen LogP contribution in [-0.4, -0.2) is 46.4 Å². The van der Waals surface area contributed by atoms with Gasteiger partial charge in [-0.1, -0.05) is 27.7 Å². The minimum absolute atomic E-state index is 0.622. The van der Waals surface area contributed by atoms with E-state index in [2.05, 4.69) is 49.1 Å². The zero-order valence-corrected chi connectivity index (χ0v) is 13.6. The normalized spacial score (nSPS) is 24.8. The molecule has 0 aliphatic carbocycles. The Hall–Kier alpha value is -0.870. The van der Waals surface area contributed by atoms with Gasteiger partial charge in [0.2, 0.25) is 0 Å². The van der Waals surface area contributed by atoms with Crippen molar-refractivity contribution in [3.63, 3.8) is 0 Å². The van der Waals surface area contributed by atoms with E-state index in [0.29, 0.717) is 23.9 Å². The Bertz CT molecular complexity index is 410. The van der Waals surface area contributed by atoms with Crippen LogP contribution < -0.4 is 5.32 Å². The van der Waals surface area contributed by atoms with Crippen molar-refractivity contribution in [1.29, 1.82) is 0 Å². The molecule has 1 aromatic rings. The standard InChI is InChI=1S/C16H30N4/c1-12(2)15-11-20(16(10-17-15)13(3)4)9-7-14-6-8-18-19(14)5/h6,8,12-13,15-17H,7,9-11H2,1-5H3. The highest BCUT2D eigenvalue weighted by Crippen LogP contribution is 2.18. The van der Waals surface area contributed by atoms with Crippen molar-refractivity contribution >= 4 is 0 Å². The summed E-state index contributed by atoms with van der Waals surface area (Å²) in [5.74, 6) is 1.39. The molecular formula is C16H30N4. The molecule has 0 amide bonds. The van der Waals surface area contributed by atoms with Crippen molar-refractivity contribution in [2.75, 3.05) is 19.6 Å². The van der Waals surface area contributed by atoms with E-state index in [0.717, 1.165) is 19.5 Å². The molecule has 1 saturated heterocycles. The summed E-state index contributed by atoms with van der Waals surface area (Å²) < 4.78 is 1.99. The Morgan fingerprint density at radius 3 is 2.60 bits per heavy atom. The van der Waals surface area contributed by atoms with Crippen LogP contribution in [0.15, 0.2) is 12.3 Å². The third kappa shape index (κ3) is 3.61. The average molecular weight is 278 g/mol. The quantitative estimate of drug-likeness (QED) is 0.893. The maximum Gasteiger partial charge on any atom is 0.0492 e. The van der Waals surface area contributed by atoms with E-state index in [1.165, 1.54) is 12.2 Å². The molecule has 2 atom stereocenters. The van der Waals surface area contributed by atoms with Gasteiger partial charge in [-0.25, -0.2) is 0 Å². The molecule has 4 heteroatoms. The Morgan fingerprint density at radius 1 is 1.30 bits per heavy atom. The third-order valence-electron chi connectivity index (χ3n) is 4.64. The summed E-state index contributed by atoms with van der Waals surface area (Å²) in [6.45, 7) is 12.7. The van der Waals surface area contributed by atoms with E-state index in [4.69, 9.17) is 0 Å². The molecule has 1 aliphatic heterocycles. The highest BCUT2D eigenvalue weighted by Gasteiger charge is 2.30. The van der Waals surface area contributed by atoms with E-state index in [9.17, 15) is 0 Å². The van der Waals surface area contributed by atoms with Gasteiger partial charge in [-0.15, -0.1) is 0 Å². The van der Waals surface area contributed by atoms with Gasteiger partial charge in [0.05, 0.1) is 0 Å². The summed E-state index contributed by atoms with van der Waals surface area (Å²) in [4.78, 5) is 2.68. The van der Waals surface area contributed by atoms with E-state index in [1.807, 2.05) is 17.9 Å². The third-order valence-corrected chi connectivity index (χ3v) is 4.64. The van der Waals surface area contributed by atoms with Crippen molar-refractivity contribution in [3.8, 4) is 0 Å². The van der Waals surface area contributed by atoms with E-state index < -0.39 is 0 Å². The van der Waals surface area contributed by atoms with Crippen molar-refractivity contribution in [3.05, 3.63) is 18.0 Å². The van der Waals surface area contributed by atoms with Crippen LogP contribution in [0.2, 0.25) is 0 Å². The van der Waals surface area contributed by atoms with Crippen molar-refractivity contribution in [2.45, 2.75) is 46.2 Å². The summed E-state index contributed by atoms with van der Waals surface area (Å²) >= 11 is 0. The topological polar surface area (TPSA) is 33.1 Å². The highest BCUT2D eigenvalue weighted by molar-refractivity contribution is 5.01. The van der Waals surface area contributed by atoms with Crippen LogP contribution in [0.1, 0.15) is 33.4 Å². The molecule has 20 heavy (non-hydrogen) atoms. The van der Waals surface area contributed by atoms with E-state index in [1.54, 1.807) is 0 Å². The lowest BCUT2D eigenvalue weighted by atomic mass is 9.94. The number of hydrogen-bond acceptors (Lipinski definition) is 3. The molecule has 114 valence electrons. The molecular weight excluding hydrogens is 248 g/mol. The van der Waals surface area contributed by atoms with Crippen molar-refractivity contribution in [1.82, 2.24) is 20.0 Å². The molecule has 2 rings (SSSR count). The number of piperazine rings is 1. The second-order valence-electron chi connectivity index (χ2n) is 6.76.